The van der Waals surface area contributed by atoms with E-state index < -0.39 is 44.3 Å². The Balaban J connectivity index is 1.60. The zero-order chi connectivity index (χ0) is 28.3. The van der Waals surface area contributed by atoms with Crippen LogP contribution in [0.15, 0.2) is 52.5 Å². The summed E-state index contributed by atoms with van der Waals surface area (Å²) < 4.78 is 53.1. The first kappa shape index (κ1) is 27.9. The molecule has 3 amide bonds. The van der Waals surface area contributed by atoms with Crippen LogP contribution in [0.4, 0.5) is 13.6 Å². The molecule has 1 aromatic carbocycles. The summed E-state index contributed by atoms with van der Waals surface area (Å²) in [5.74, 6) is -1.17. The number of urea groups is 1. The maximum absolute atomic E-state index is 15.0. The number of thioether (sulfide) groups is 1. The van der Waals surface area contributed by atoms with Crippen molar-refractivity contribution in [1.82, 2.24) is 14.7 Å². The molecule has 2 saturated heterocycles. The van der Waals surface area contributed by atoms with Gasteiger partial charge in [0.1, 0.15) is 27.3 Å². The number of amides is 3. The predicted molar refractivity (Wildman–Crippen MR) is 148 cm³/mol. The van der Waals surface area contributed by atoms with Crippen molar-refractivity contribution in [2.45, 2.75) is 23.8 Å². The number of halogens is 3. The van der Waals surface area contributed by atoms with Gasteiger partial charge in [-0.05, 0) is 36.8 Å². The van der Waals surface area contributed by atoms with Crippen molar-refractivity contribution in [3.8, 4) is 0 Å². The average molecular weight is 597 g/mol. The first-order chi connectivity index (χ1) is 18.3. The molecule has 3 atom stereocenters. The number of carbonyl (C=O) groups excluding carboxylic acids is 2. The summed E-state index contributed by atoms with van der Waals surface area (Å²) in [6.45, 7) is 6.47. The fourth-order valence-electron chi connectivity index (χ4n) is 5.89. The Kier molecular flexibility index (Phi) is 7.17. The van der Waals surface area contributed by atoms with Gasteiger partial charge in [0.25, 0.3) is 0 Å². The number of allylic oxidation sites excluding steroid dienone is 2. The fourth-order valence-corrected chi connectivity index (χ4v) is 8.78. The lowest BCUT2D eigenvalue weighted by molar-refractivity contribution is -0.129. The molecule has 0 N–H and O–H groups in total. The fraction of sp³-hybridized carbons (Fsp3) is 0.423. The number of rotatable bonds is 4. The summed E-state index contributed by atoms with van der Waals surface area (Å²) in [7, 11) is -3.44. The largest absolute Gasteiger partial charge is 0.352 e. The Hall–Kier alpha value is -2.70. The van der Waals surface area contributed by atoms with Crippen molar-refractivity contribution >= 4 is 56.5 Å². The molecule has 1 aliphatic carbocycles. The highest BCUT2D eigenvalue weighted by molar-refractivity contribution is 8.00. The molecule has 208 valence electrons. The second-order valence-corrected chi connectivity index (χ2v) is 13.9. The summed E-state index contributed by atoms with van der Waals surface area (Å²) in [6.07, 6.45) is 3.93. The van der Waals surface area contributed by atoms with E-state index in [2.05, 4.69) is 11.6 Å². The lowest BCUT2D eigenvalue weighted by atomic mass is 9.75. The minimum Gasteiger partial charge on any atom is -0.352 e. The number of hydrogen-bond donors (Lipinski definition) is 0. The van der Waals surface area contributed by atoms with Crippen molar-refractivity contribution in [2.24, 2.45) is 4.99 Å². The van der Waals surface area contributed by atoms with Crippen LogP contribution in [-0.2, 0) is 14.6 Å². The smallest absolute Gasteiger partial charge is 0.346 e. The minimum absolute atomic E-state index is 0.130. The van der Waals surface area contributed by atoms with Crippen LogP contribution in [-0.4, -0.2) is 102 Å². The Morgan fingerprint density at radius 2 is 2.05 bits per heavy atom. The van der Waals surface area contributed by atoms with Gasteiger partial charge >= 0.3 is 6.03 Å². The Morgan fingerprint density at radius 1 is 1.31 bits per heavy atom. The van der Waals surface area contributed by atoms with E-state index in [4.69, 9.17) is 11.6 Å². The van der Waals surface area contributed by atoms with Gasteiger partial charge in [0.15, 0.2) is 0 Å². The number of sulfone groups is 1. The minimum atomic E-state index is -3.44. The molecule has 2 fully saturated rings. The molecule has 3 heterocycles. The zero-order valence-electron chi connectivity index (χ0n) is 21.4. The molecule has 4 aliphatic rings. The summed E-state index contributed by atoms with van der Waals surface area (Å²) in [6, 6.07) is 2.20. The van der Waals surface area contributed by atoms with E-state index in [1.165, 1.54) is 28.8 Å². The zero-order valence-corrected chi connectivity index (χ0v) is 23.8. The van der Waals surface area contributed by atoms with Gasteiger partial charge < -0.3 is 14.7 Å². The molecule has 8 nitrogen and oxygen atoms in total. The third-order valence-corrected chi connectivity index (χ3v) is 10.4. The summed E-state index contributed by atoms with van der Waals surface area (Å²) >= 11 is 8.34. The molecule has 5 rings (SSSR count). The number of nitrogens with zero attached hydrogens (tertiary/aromatic N) is 4. The average Bonchev–Trinajstić information content (AvgIpc) is 2.85. The molecule has 0 radical (unpaired) electrons. The van der Waals surface area contributed by atoms with Crippen LogP contribution in [0, 0.1) is 11.6 Å². The second-order valence-electron chi connectivity index (χ2n) is 10.1. The quantitative estimate of drug-likeness (QED) is 0.496. The molecule has 0 bridgehead atoms. The number of aliphatic imine (C=N–C) groups is 1. The van der Waals surface area contributed by atoms with Crippen LogP contribution in [0.1, 0.15) is 12.5 Å². The highest BCUT2D eigenvalue weighted by atomic mass is 35.5. The highest BCUT2D eigenvalue weighted by Gasteiger charge is 2.56. The van der Waals surface area contributed by atoms with E-state index in [1.54, 1.807) is 11.0 Å². The van der Waals surface area contributed by atoms with Crippen molar-refractivity contribution in [2.75, 3.05) is 43.9 Å². The van der Waals surface area contributed by atoms with Crippen LogP contribution >= 0.6 is 23.4 Å². The van der Waals surface area contributed by atoms with Crippen LogP contribution in [0.2, 0.25) is 0 Å². The number of carbonyl (C=O) groups is 2. The van der Waals surface area contributed by atoms with Crippen molar-refractivity contribution in [3.05, 3.63) is 64.7 Å². The van der Waals surface area contributed by atoms with E-state index in [0.29, 0.717) is 35.8 Å². The second kappa shape index (κ2) is 10.0. The van der Waals surface area contributed by atoms with E-state index >= 15 is 0 Å². The van der Waals surface area contributed by atoms with Crippen molar-refractivity contribution in [1.29, 1.82) is 0 Å². The van der Waals surface area contributed by atoms with Gasteiger partial charge in [0, 0.05) is 60.4 Å². The third kappa shape index (κ3) is 4.80. The molecule has 0 saturated carbocycles. The number of hydrogen-bond acceptors (Lipinski definition) is 6. The van der Waals surface area contributed by atoms with Gasteiger partial charge in [-0.3, -0.25) is 4.79 Å². The normalized spacial score (nSPS) is 27.2. The topological polar surface area (TPSA) is 90.4 Å². The lowest BCUT2D eigenvalue weighted by Crippen LogP contribution is -2.67. The standard InChI is InChI=1S/C26H27ClF2N4O4S2/c1-4-21(34)32-8-7-31(13-16(32)14-39(3,36)37)24-18-12-19(27)22(17-6-5-15(28)11-20(17)29)23-26(18,2)33(9-10-38-23)25(35)30-24/h4-6,11-12,16,23H,1,7-10,13-14H2,2-3H3/t16-,23?,26?/m1/s1. The predicted octanol–water partition coefficient (Wildman–Crippen LogP) is 3.31. The molecule has 0 aromatic heterocycles. The van der Waals surface area contributed by atoms with Gasteiger partial charge in [-0.2, -0.15) is 4.99 Å². The van der Waals surface area contributed by atoms with E-state index in [-0.39, 0.29) is 35.3 Å². The van der Waals surface area contributed by atoms with Crippen molar-refractivity contribution in [3.63, 3.8) is 0 Å². The first-order valence-corrected chi connectivity index (χ1v) is 15.8. The number of piperazine rings is 1. The van der Waals surface area contributed by atoms with E-state index in [0.717, 1.165) is 18.4 Å². The summed E-state index contributed by atoms with van der Waals surface area (Å²) in [4.78, 5) is 35.3. The van der Waals surface area contributed by atoms with Gasteiger partial charge in [-0.15, -0.1) is 11.8 Å². The Bertz CT molecular complexity index is 1480. The molecule has 0 spiro atoms. The number of amidine groups is 1. The Labute approximate surface area is 235 Å². The molecular formula is C26H27ClF2N4O4S2. The summed E-state index contributed by atoms with van der Waals surface area (Å²) in [5, 5.41) is -0.217. The highest BCUT2D eigenvalue weighted by Crippen LogP contribution is 2.53. The van der Waals surface area contributed by atoms with Crippen LogP contribution in [0.5, 0.6) is 0 Å². The third-order valence-electron chi connectivity index (χ3n) is 7.64. The molecule has 2 unspecified atom stereocenters. The van der Waals surface area contributed by atoms with Gasteiger partial charge in [0.2, 0.25) is 5.91 Å². The van der Waals surface area contributed by atoms with Crippen LogP contribution < -0.4 is 0 Å². The molecule has 13 heteroatoms. The molecular weight excluding hydrogens is 570 g/mol. The van der Waals surface area contributed by atoms with E-state index in [9.17, 15) is 26.8 Å². The van der Waals surface area contributed by atoms with Gasteiger partial charge in [0.05, 0.1) is 22.6 Å². The molecule has 1 aromatic rings. The maximum atomic E-state index is 15.0. The SMILES string of the molecule is C=CC(=O)N1CCN(C2=NC(=O)N3CCSC4C(c5ccc(F)cc5F)=C(Cl)C=C2C43C)C[C@@H]1CS(C)(=O)=O. The van der Waals surface area contributed by atoms with Crippen LogP contribution in [0.25, 0.3) is 5.57 Å². The summed E-state index contributed by atoms with van der Waals surface area (Å²) in [5.41, 5.74) is 0.336. The monoisotopic (exact) mass is 596 g/mol. The number of benzene rings is 1. The van der Waals surface area contributed by atoms with Crippen molar-refractivity contribution < 1.29 is 26.8 Å². The lowest BCUT2D eigenvalue weighted by Gasteiger charge is -2.56. The van der Waals surface area contributed by atoms with Crippen LogP contribution in [0.3, 0.4) is 0 Å². The maximum Gasteiger partial charge on any atom is 0.346 e. The molecule has 3 aliphatic heterocycles. The molecule has 39 heavy (non-hydrogen) atoms. The first-order valence-electron chi connectivity index (χ1n) is 12.3. The van der Waals surface area contributed by atoms with E-state index in [1.807, 2.05) is 11.8 Å². The Morgan fingerprint density at radius 3 is 2.72 bits per heavy atom. The van der Waals surface area contributed by atoms with Gasteiger partial charge in [-0.1, -0.05) is 18.2 Å². The van der Waals surface area contributed by atoms with Gasteiger partial charge in [-0.25, -0.2) is 22.0 Å².